The highest BCUT2D eigenvalue weighted by molar-refractivity contribution is 5.96. The van der Waals surface area contributed by atoms with Crippen molar-refractivity contribution in [2.24, 2.45) is 5.92 Å². The summed E-state index contributed by atoms with van der Waals surface area (Å²) in [4.78, 5) is 16.9. The second-order valence-electron chi connectivity index (χ2n) is 6.43. The molecule has 1 aliphatic carbocycles. The molecule has 1 amide bonds. The predicted octanol–water partition coefficient (Wildman–Crippen LogP) is 4.76. The van der Waals surface area contributed by atoms with Crippen molar-refractivity contribution < 1.29 is 18.0 Å². The van der Waals surface area contributed by atoms with Crippen molar-refractivity contribution in [1.29, 1.82) is 0 Å². The molecule has 0 spiro atoms. The van der Waals surface area contributed by atoms with Crippen LogP contribution in [-0.4, -0.2) is 15.3 Å². The number of halogens is 3. The van der Waals surface area contributed by atoms with Crippen LogP contribution < -0.4 is 5.32 Å². The number of amides is 1. The molecule has 0 atom stereocenters. The molecule has 1 fully saturated rings. The summed E-state index contributed by atoms with van der Waals surface area (Å²) >= 11 is 0. The molecule has 0 radical (unpaired) electrons. The highest BCUT2D eigenvalue weighted by Gasteiger charge is 2.31. The molecule has 0 saturated heterocycles. The third kappa shape index (κ3) is 2.94. The molecule has 4 rings (SSSR count). The minimum Gasteiger partial charge on any atom is -0.310 e. The van der Waals surface area contributed by atoms with E-state index in [9.17, 15) is 18.0 Å². The van der Waals surface area contributed by atoms with Gasteiger partial charge in [0.2, 0.25) is 5.91 Å². The van der Waals surface area contributed by atoms with Gasteiger partial charge in [-0.15, -0.1) is 0 Å². The average molecular weight is 359 g/mol. The van der Waals surface area contributed by atoms with E-state index < -0.39 is 11.7 Å². The Labute approximate surface area is 147 Å². The van der Waals surface area contributed by atoms with Crippen LogP contribution in [0.3, 0.4) is 0 Å². The van der Waals surface area contributed by atoms with Gasteiger partial charge < -0.3 is 5.32 Å². The molecule has 2 heterocycles. The lowest BCUT2D eigenvalue weighted by Crippen LogP contribution is -2.28. The fraction of sp³-hybridized carbons (Fsp3) is 0.263. The summed E-state index contributed by atoms with van der Waals surface area (Å²) in [7, 11) is 0. The minimum absolute atomic E-state index is 0.00952. The molecular formula is C19H16F3N3O. The summed E-state index contributed by atoms with van der Waals surface area (Å²) in [6.45, 7) is 0. The van der Waals surface area contributed by atoms with Gasteiger partial charge in [-0.3, -0.25) is 9.20 Å². The fourth-order valence-electron chi connectivity index (χ4n) is 3.02. The van der Waals surface area contributed by atoms with Gasteiger partial charge in [-0.25, -0.2) is 4.98 Å². The van der Waals surface area contributed by atoms with E-state index in [2.05, 4.69) is 10.3 Å². The lowest BCUT2D eigenvalue weighted by Gasteiger charge is -2.24. The Balaban J connectivity index is 1.76. The van der Waals surface area contributed by atoms with Crippen molar-refractivity contribution >= 4 is 17.4 Å². The van der Waals surface area contributed by atoms with Crippen LogP contribution in [0.1, 0.15) is 24.8 Å². The molecule has 4 nitrogen and oxygen atoms in total. The fourth-order valence-corrected chi connectivity index (χ4v) is 3.02. The molecule has 2 aromatic heterocycles. The SMILES string of the molecule is O=C(Nc1c(-c2ccc(C(F)(F)F)cc2)nc2ccccn12)C1CCC1. The minimum atomic E-state index is -4.39. The first-order valence-corrected chi connectivity index (χ1v) is 8.39. The molecule has 134 valence electrons. The Kier molecular flexibility index (Phi) is 3.94. The van der Waals surface area contributed by atoms with Gasteiger partial charge in [0.15, 0.2) is 0 Å². The summed E-state index contributed by atoms with van der Waals surface area (Å²) in [5, 5.41) is 2.92. The maximum atomic E-state index is 12.8. The second-order valence-corrected chi connectivity index (χ2v) is 6.43. The smallest absolute Gasteiger partial charge is 0.310 e. The van der Waals surface area contributed by atoms with Gasteiger partial charge >= 0.3 is 6.18 Å². The number of pyridine rings is 1. The van der Waals surface area contributed by atoms with Crippen molar-refractivity contribution in [3.8, 4) is 11.3 Å². The van der Waals surface area contributed by atoms with Crippen LogP contribution in [0.5, 0.6) is 0 Å². The van der Waals surface area contributed by atoms with Gasteiger partial charge in [-0.1, -0.05) is 24.6 Å². The first-order chi connectivity index (χ1) is 12.4. The number of alkyl halides is 3. The van der Waals surface area contributed by atoms with Crippen LogP contribution >= 0.6 is 0 Å². The molecule has 7 heteroatoms. The summed E-state index contributed by atoms with van der Waals surface area (Å²) in [5.41, 5.74) is 0.875. The van der Waals surface area contributed by atoms with Crippen LogP contribution in [0.2, 0.25) is 0 Å². The molecule has 1 saturated carbocycles. The number of hydrogen-bond donors (Lipinski definition) is 1. The van der Waals surface area contributed by atoms with Crippen LogP contribution in [0.25, 0.3) is 16.9 Å². The molecule has 0 bridgehead atoms. The Bertz CT molecular complexity index is 956. The topological polar surface area (TPSA) is 46.4 Å². The predicted molar refractivity (Wildman–Crippen MR) is 91.6 cm³/mol. The summed E-state index contributed by atoms with van der Waals surface area (Å²) in [5.74, 6) is 0.400. The Morgan fingerprint density at radius 3 is 2.46 bits per heavy atom. The van der Waals surface area contributed by atoms with Crippen molar-refractivity contribution in [3.05, 3.63) is 54.2 Å². The maximum absolute atomic E-state index is 12.8. The van der Waals surface area contributed by atoms with Gasteiger partial charge in [0, 0.05) is 17.7 Å². The van der Waals surface area contributed by atoms with Crippen molar-refractivity contribution in [1.82, 2.24) is 9.38 Å². The van der Waals surface area contributed by atoms with Gasteiger partial charge in [-0.05, 0) is 37.1 Å². The van der Waals surface area contributed by atoms with Crippen molar-refractivity contribution in [3.63, 3.8) is 0 Å². The largest absolute Gasteiger partial charge is 0.416 e. The number of imidazole rings is 1. The molecule has 26 heavy (non-hydrogen) atoms. The van der Waals surface area contributed by atoms with E-state index in [4.69, 9.17) is 0 Å². The van der Waals surface area contributed by atoms with Gasteiger partial charge in [0.1, 0.15) is 17.2 Å². The number of carbonyl (C=O) groups is 1. The third-order valence-corrected chi connectivity index (χ3v) is 4.73. The first kappa shape index (κ1) is 16.6. The number of hydrogen-bond acceptors (Lipinski definition) is 2. The normalized spacial score (nSPS) is 15.0. The summed E-state index contributed by atoms with van der Waals surface area (Å²) in [6, 6.07) is 10.2. The van der Waals surface area contributed by atoms with E-state index in [-0.39, 0.29) is 11.8 Å². The molecule has 1 aliphatic rings. The zero-order valence-electron chi connectivity index (χ0n) is 13.8. The van der Waals surface area contributed by atoms with E-state index in [0.29, 0.717) is 22.7 Å². The number of anilines is 1. The van der Waals surface area contributed by atoms with Gasteiger partial charge in [0.25, 0.3) is 0 Å². The first-order valence-electron chi connectivity index (χ1n) is 8.39. The van der Waals surface area contributed by atoms with Crippen LogP contribution in [0.15, 0.2) is 48.7 Å². The number of nitrogens with zero attached hydrogens (tertiary/aromatic N) is 2. The number of carbonyl (C=O) groups excluding carboxylic acids is 1. The molecule has 0 aliphatic heterocycles. The van der Waals surface area contributed by atoms with Gasteiger partial charge in [0.05, 0.1) is 5.56 Å². The van der Waals surface area contributed by atoms with Crippen LogP contribution in [0, 0.1) is 5.92 Å². The van der Waals surface area contributed by atoms with E-state index in [1.807, 2.05) is 12.1 Å². The highest BCUT2D eigenvalue weighted by Crippen LogP contribution is 2.34. The van der Waals surface area contributed by atoms with E-state index in [1.165, 1.54) is 12.1 Å². The zero-order chi connectivity index (χ0) is 18.3. The van der Waals surface area contributed by atoms with Crippen LogP contribution in [-0.2, 0) is 11.0 Å². The number of fused-ring (bicyclic) bond motifs is 1. The Morgan fingerprint density at radius 1 is 1.12 bits per heavy atom. The molecule has 1 aromatic carbocycles. The lowest BCUT2D eigenvalue weighted by molar-refractivity contribution is -0.137. The summed E-state index contributed by atoms with van der Waals surface area (Å²) < 4.78 is 40.1. The molecule has 3 aromatic rings. The monoisotopic (exact) mass is 359 g/mol. The maximum Gasteiger partial charge on any atom is 0.416 e. The molecule has 1 N–H and O–H groups in total. The van der Waals surface area contributed by atoms with E-state index >= 15 is 0 Å². The molecular weight excluding hydrogens is 343 g/mol. The van der Waals surface area contributed by atoms with Gasteiger partial charge in [-0.2, -0.15) is 13.2 Å². The highest BCUT2D eigenvalue weighted by atomic mass is 19.4. The molecule has 0 unspecified atom stereocenters. The number of benzene rings is 1. The Morgan fingerprint density at radius 2 is 1.85 bits per heavy atom. The Hall–Kier alpha value is -2.83. The third-order valence-electron chi connectivity index (χ3n) is 4.73. The van der Waals surface area contributed by atoms with E-state index in [0.717, 1.165) is 31.4 Å². The van der Waals surface area contributed by atoms with E-state index in [1.54, 1.807) is 16.7 Å². The number of rotatable bonds is 3. The quantitative estimate of drug-likeness (QED) is 0.733. The summed E-state index contributed by atoms with van der Waals surface area (Å²) in [6.07, 6.45) is 0.137. The lowest BCUT2D eigenvalue weighted by atomic mass is 9.85. The number of nitrogens with one attached hydrogen (secondary N) is 1. The zero-order valence-corrected chi connectivity index (χ0v) is 13.8. The van der Waals surface area contributed by atoms with Crippen LogP contribution in [0.4, 0.5) is 19.0 Å². The number of aromatic nitrogens is 2. The van der Waals surface area contributed by atoms with Crippen molar-refractivity contribution in [2.45, 2.75) is 25.4 Å². The second kappa shape index (κ2) is 6.16. The van der Waals surface area contributed by atoms with Crippen molar-refractivity contribution in [2.75, 3.05) is 5.32 Å². The standard InChI is InChI=1S/C19H16F3N3O/c20-19(21,22)14-9-7-12(8-10-14)16-17(24-18(26)13-4-3-5-13)25-11-2-1-6-15(25)23-16/h1-2,6-11,13H,3-5H2,(H,24,26). The average Bonchev–Trinajstić information content (AvgIpc) is 2.91.